The van der Waals surface area contributed by atoms with Gasteiger partial charge >= 0.3 is 0 Å². The number of ether oxygens (including phenoxy) is 1. The van der Waals surface area contributed by atoms with E-state index in [9.17, 15) is 0 Å². The molecule has 1 saturated heterocycles. The standard InChI is InChI=1S/C22H26N6O/c1-17(2)29-19-8-4-3-7-18(19)26-20-15-22(25-16-24-20)28-13-11-27(12-14-28)21-9-5-6-10-23-21/h3-10,15-17H,11-14H2,1-2H3,(H,24,25,26). The molecule has 3 aromatic rings. The molecule has 1 aliphatic rings. The zero-order valence-corrected chi connectivity index (χ0v) is 16.8. The van der Waals surface area contributed by atoms with Crippen LogP contribution >= 0.6 is 0 Å². The van der Waals surface area contributed by atoms with Gasteiger partial charge in [0.25, 0.3) is 0 Å². The highest BCUT2D eigenvalue weighted by Crippen LogP contribution is 2.28. The lowest BCUT2D eigenvalue weighted by Crippen LogP contribution is -2.47. The van der Waals surface area contributed by atoms with Crippen molar-refractivity contribution in [3.63, 3.8) is 0 Å². The Hall–Kier alpha value is -3.35. The summed E-state index contributed by atoms with van der Waals surface area (Å²) in [6, 6.07) is 15.9. The Morgan fingerprint density at radius 1 is 0.862 bits per heavy atom. The first kappa shape index (κ1) is 19.0. The molecule has 1 N–H and O–H groups in total. The second kappa shape index (κ2) is 8.77. The largest absolute Gasteiger partial charge is 0.489 e. The van der Waals surface area contributed by atoms with Crippen molar-refractivity contribution in [2.75, 3.05) is 41.3 Å². The van der Waals surface area contributed by atoms with Crippen molar-refractivity contribution < 1.29 is 4.74 Å². The minimum absolute atomic E-state index is 0.106. The van der Waals surface area contributed by atoms with Crippen molar-refractivity contribution >= 4 is 23.1 Å². The van der Waals surface area contributed by atoms with Gasteiger partial charge < -0.3 is 19.9 Å². The molecule has 0 atom stereocenters. The SMILES string of the molecule is CC(C)Oc1ccccc1Nc1cc(N2CCN(c3ccccn3)CC2)ncn1. The Balaban J connectivity index is 1.44. The highest BCUT2D eigenvalue weighted by atomic mass is 16.5. The fraction of sp³-hybridized carbons (Fsp3) is 0.318. The summed E-state index contributed by atoms with van der Waals surface area (Å²) >= 11 is 0. The molecule has 1 aliphatic heterocycles. The number of piperazine rings is 1. The summed E-state index contributed by atoms with van der Waals surface area (Å²) in [6.07, 6.45) is 3.55. The minimum Gasteiger partial charge on any atom is -0.489 e. The molecule has 0 aliphatic carbocycles. The number of aromatic nitrogens is 3. The molecule has 0 amide bonds. The van der Waals surface area contributed by atoms with Gasteiger partial charge in [-0.3, -0.25) is 0 Å². The van der Waals surface area contributed by atoms with Gasteiger partial charge in [-0.15, -0.1) is 0 Å². The van der Waals surface area contributed by atoms with Crippen LogP contribution in [-0.4, -0.2) is 47.2 Å². The second-order valence-electron chi connectivity index (χ2n) is 7.21. The molecule has 150 valence electrons. The van der Waals surface area contributed by atoms with Crippen LogP contribution in [0.3, 0.4) is 0 Å². The Morgan fingerprint density at radius 3 is 2.31 bits per heavy atom. The van der Waals surface area contributed by atoms with E-state index in [4.69, 9.17) is 4.74 Å². The van der Waals surface area contributed by atoms with Gasteiger partial charge in [0.15, 0.2) is 0 Å². The molecule has 1 aromatic carbocycles. The molecule has 3 heterocycles. The maximum Gasteiger partial charge on any atom is 0.143 e. The number of pyridine rings is 1. The van der Waals surface area contributed by atoms with Crippen molar-refractivity contribution in [3.8, 4) is 5.75 Å². The third-order valence-electron chi connectivity index (χ3n) is 4.74. The van der Waals surface area contributed by atoms with E-state index in [0.29, 0.717) is 0 Å². The predicted octanol–water partition coefficient (Wildman–Crippen LogP) is 3.73. The molecular weight excluding hydrogens is 364 g/mol. The van der Waals surface area contributed by atoms with Gasteiger partial charge in [-0.25, -0.2) is 15.0 Å². The van der Waals surface area contributed by atoms with Gasteiger partial charge in [0, 0.05) is 38.4 Å². The number of anilines is 4. The molecule has 0 bridgehead atoms. The molecule has 0 unspecified atom stereocenters. The molecule has 1 fully saturated rings. The van der Waals surface area contributed by atoms with E-state index < -0.39 is 0 Å². The molecule has 7 nitrogen and oxygen atoms in total. The number of nitrogens with zero attached hydrogens (tertiary/aromatic N) is 5. The van der Waals surface area contributed by atoms with Gasteiger partial charge in [0.05, 0.1) is 11.8 Å². The highest BCUT2D eigenvalue weighted by Gasteiger charge is 2.19. The molecule has 2 aromatic heterocycles. The monoisotopic (exact) mass is 390 g/mol. The van der Waals surface area contributed by atoms with Gasteiger partial charge in [-0.05, 0) is 38.1 Å². The van der Waals surface area contributed by atoms with Crippen LogP contribution in [0.25, 0.3) is 0 Å². The van der Waals surface area contributed by atoms with Crippen molar-refractivity contribution in [3.05, 3.63) is 61.1 Å². The average molecular weight is 390 g/mol. The number of hydrogen-bond donors (Lipinski definition) is 1. The Kier molecular flexibility index (Phi) is 5.74. The first-order chi connectivity index (χ1) is 14.2. The predicted molar refractivity (Wildman–Crippen MR) is 116 cm³/mol. The van der Waals surface area contributed by atoms with E-state index in [1.54, 1.807) is 6.33 Å². The summed E-state index contributed by atoms with van der Waals surface area (Å²) in [7, 11) is 0. The summed E-state index contributed by atoms with van der Waals surface area (Å²) in [6.45, 7) is 7.64. The van der Waals surface area contributed by atoms with Crippen molar-refractivity contribution in [1.82, 2.24) is 15.0 Å². The van der Waals surface area contributed by atoms with Crippen LogP contribution < -0.4 is 19.9 Å². The summed E-state index contributed by atoms with van der Waals surface area (Å²) < 4.78 is 5.89. The summed E-state index contributed by atoms with van der Waals surface area (Å²) in [4.78, 5) is 17.9. The lowest BCUT2D eigenvalue weighted by molar-refractivity contribution is 0.244. The molecule has 0 spiro atoms. The van der Waals surface area contributed by atoms with E-state index in [-0.39, 0.29) is 6.10 Å². The first-order valence-corrected chi connectivity index (χ1v) is 9.95. The minimum atomic E-state index is 0.106. The number of benzene rings is 1. The third-order valence-corrected chi connectivity index (χ3v) is 4.74. The zero-order valence-electron chi connectivity index (χ0n) is 16.8. The lowest BCUT2D eigenvalue weighted by atomic mass is 10.2. The maximum atomic E-state index is 5.89. The van der Waals surface area contributed by atoms with E-state index >= 15 is 0 Å². The van der Waals surface area contributed by atoms with Gasteiger partial charge in [0.1, 0.15) is 29.5 Å². The van der Waals surface area contributed by atoms with E-state index in [1.165, 1.54) is 0 Å². The van der Waals surface area contributed by atoms with Gasteiger partial charge in [-0.2, -0.15) is 0 Å². The number of rotatable bonds is 6. The van der Waals surface area contributed by atoms with Crippen LogP contribution in [0.4, 0.5) is 23.1 Å². The number of hydrogen-bond acceptors (Lipinski definition) is 7. The Bertz CT molecular complexity index is 925. The van der Waals surface area contributed by atoms with Crippen LogP contribution in [0.5, 0.6) is 5.75 Å². The molecule has 0 saturated carbocycles. The number of nitrogens with one attached hydrogen (secondary N) is 1. The Labute approximate surface area is 171 Å². The van der Waals surface area contributed by atoms with E-state index in [1.807, 2.05) is 62.5 Å². The van der Waals surface area contributed by atoms with Crippen LogP contribution in [-0.2, 0) is 0 Å². The summed E-state index contributed by atoms with van der Waals surface area (Å²) in [5.74, 6) is 3.51. The molecular formula is C22H26N6O. The molecule has 7 heteroatoms. The van der Waals surface area contributed by atoms with Crippen molar-refractivity contribution in [2.24, 2.45) is 0 Å². The van der Waals surface area contributed by atoms with Crippen molar-refractivity contribution in [2.45, 2.75) is 20.0 Å². The first-order valence-electron chi connectivity index (χ1n) is 9.95. The van der Waals surface area contributed by atoms with Crippen LogP contribution in [0.15, 0.2) is 61.1 Å². The summed E-state index contributed by atoms with van der Waals surface area (Å²) in [5.41, 5.74) is 0.894. The third kappa shape index (κ3) is 4.74. The average Bonchev–Trinajstić information content (AvgIpc) is 2.76. The fourth-order valence-electron chi connectivity index (χ4n) is 3.36. The summed E-state index contributed by atoms with van der Waals surface area (Å²) in [5, 5.41) is 3.37. The normalized spacial score (nSPS) is 14.2. The van der Waals surface area contributed by atoms with Gasteiger partial charge in [0.2, 0.25) is 0 Å². The maximum absolute atomic E-state index is 5.89. The highest BCUT2D eigenvalue weighted by molar-refractivity contribution is 5.65. The fourth-order valence-corrected chi connectivity index (χ4v) is 3.36. The van der Waals surface area contributed by atoms with E-state index in [2.05, 4.69) is 36.1 Å². The zero-order chi connectivity index (χ0) is 20.1. The smallest absolute Gasteiger partial charge is 0.143 e. The molecule has 29 heavy (non-hydrogen) atoms. The molecule has 4 rings (SSSR count). The van der Waals surface area contributed by atoms with Crippen LogP contribution in [0, 0.1) is 0 Å². The topological polar surface area (TPSA) is 66.4 Å². The van der Waals surface area contributed by atoms with Gasteiger partial charge in [-0.1, -0.05) is 18.2 Å². The number of para-hydroxylation sites is 2. The van der Waals surface area contributed by atoms with Crippen LogP contribution in [0.1, 0.15) is 13.8 Å². The van der Waals surface area contributed by atoms with Crippen molar-refractivity contribution in [1.29, 1.82) is 0 Å². The lowest BCUT2D eigenvalue weighted by Gasteiger charge is -2.36. The second-order valence-corrected chi connectivity index (χ2v) is 7.21. The van der Waals surface area contributed by atoms with Crippen LogP contribution in [0.2, 0.25) is 0 Å². The molecule has 0 radical (unpaired) electrons. The Morgan fingerprint density at radius 2 is 1.59 bits per heavy atom. The van der Waals surface area contributed by atoms with E-state index in [0.717, 1.165) is 55.1 Å². The quantitative estimate of drug-likeness (QED) is 0.688.